The van der Waals surface area contributed by atoms with Crippen molar-refractivity contribution in [3.8, 4) is 17.2 Å². The summed E-state index contributed by atoms with van der Waals surface area (Å²) >= 11 is 0. The van der Waals surface area contributed by atoms with Crippen LogP contribution in [0.1, 0.15) is 89.2 Å². The minimum absolute atomic E-state index is 0.109. The summed E-state index contributed by atoms with van der Waals surface area (Å²) in [6, 6.07) is 1.66. The zero-order chi connectivity index (χ0) is 18.1. The number of rotatable bonds is 10. The second-order valence-electron chi connectivity index (χ2n) is 9.27. The maximum Gasteiger partial charge on any atom is 0.200 e. The molecule has 2 aliphatic carbocycles. The van der Waals surface area contributed by atoms with Crippen LogP contribution in [0.4, 0.5) is 0 Å². The Balaban J connectivity index is 1.56. The number of phenolic OH excluding ortho intramolecular Hbond substituents is 3. The highest BCUT2D eigenvalue weighted by Crippen LogP contribution is 2.50. The first-order valence-electron chi connectivity index (χ1n) is 10.1. The quantitative estimate of drug-likeness (QED) is 0.369. The molecule has 0 saturated heterocycles. The number of hydrogen-bond donors (Lipinski definition) is 3. The molecule has 2 fully saturated rings. The average molecular weight is 347 g/mol. The van der Waals surface area contributed by atoms with Crippen molar-refractivity contribution >= 4 is 0 Å². The molecule has 3 N–H and O–H groups in total. The molecule has 0 radical (unpaired) electrons. The van der Waals surface area contributed by atoms with Crippen LogP contribution in [0.5, 0.6) is 17.2 Å². The van der Waals surface area contributed by atoms with Crippen LogP contribution < -0.4 is 0 Å². The standard InChI is InChI=1S/C22H34O3/c1-21(11-12-21)9-5-3-7-16-15-18(23)20(25)19(24)17(16)8-4-6-10-22(2)13-14-22/h15,23-25H,3-14H2,1-2H3. The predicted octanol–water partition coefficient (Wildman–Crippen LogP) is 5.83. The molecule has 25 heavy (non-hydrogen) atoms. The molecule has 3 rings (SSSR count). The van der Waals surface area contributed by atoms with Crippen LogP contribution in [0.15, 0.2) is 6.07 Å². The lowest BCUT2D eigenvalue weighted by molar-refractivity contribution is 0.363. The molecule has 0 amide bonds. The molecule has 140 valence electrons. The Morgan fingerprint density at radius 2 is 1.28 bits per heavy atom. The van der Waals surface area contributed by atoms with Gasteiger partial charge < -0.3 is 15.3 Å². The molecule has 0 atom stereocenters. The highest BCUT2D eigenvalue weighted by Gasteiger charge is 2.36. The number of unbranched alkanes of at least 4 members (excludes halogenated alkanes) is 2. The SMILES string of the molecule is CC1(CCCCc2cc(O)c(O)c(O)c2CCCCC2(C)CC2)CC1. The molecular formula is C22H34O3. The lowest BCUT2D eigenvalue weighted by Crippen LogP contribution is -2.00. The van der Waals surface area contributed by atoms with Crippen molar-refractivity contribution in [2.45, 2.75) is 90.9 Å². The van der Waals surface area contributed by atoms with Gasteiger partial charge in [-0.3, -0.25) is 0 Å². The zero-order valence-electron chi connectivity index (χ0n) is 15.9. The summed E-state index contributed by atoms with van der Waals surface area (Å²) in [5, 5.41) is 30.1. The second-order valence-corrected chi connectivity index (χ2v) is 9.27. The van der Waals surface area contributed by atoms with E-state index in [9.17, 15) is 15.3 Å². The van der Waals surface area contributed by atoms with Gasteiger partial charge in [-0.2, -0.15) is 0 Å². The van der Waals surface area contributed by atoms with Crippen LogP contribution in [-0.2, 0) is 12.8 Å². The summed E-state index contributed by atoms with van der Waals surface area (Å²) in [5.74, 6) is -0.670. The van der Waals surface area contributed by atoms with Crippen LogP contribution in [0.25, 0.3) is 0 Å². The molecule has 1 aromatic carbocycles. The first-order chi connectivity index (χ1) is 11.8. The van der Waals surface area contributed by atoms with E-state index in [-0.39, 0.29) is 17.2 Å². The summed E-state index contributed by atoms with van der Waals surface area (Å²) in [6.45, 7) is 4.71. The smallest absolute Gasteiger partial charge is 0.200 e. The highest BCUT2D eigenvalue weighted by atomic mass is 16.3. The van der Waals surface area contributed by atoms with E-state index in [4.69, 9.17) is 0 Å². The van der Waals surface area contributed by atoms with Gasteiger partial charge in [0.25, 0.3) is 0 Å². The Bertz CT molecular complexity index is 612. The molecular weight excluding hydrogens is 312 g/mol. The van der Waals surface area contributed by atoms with Gasteiger partial charge in [-0.05, 0) is 86.7 Å². The fourth-order valence-electron chi connectivity index (χ4n) is 3.89. The van der Waals surface area contributed by atoms with Crippen LogP contribution in [0, 0.1) is 10.8 Å². The van der Waals surface area contributed by atoms with Crippen LogP contribution in [0.2, 0.25) is 0 Å². The van der Waals surface area contributed by atoms with Crippen molar-refractivity contribution in [1.82, 2.24) is 0 Å². The molecule has 3 nitrogen and oxygen atoms in total. The summed E-state index contributed by atoms with van der Waals surface area (Å²) < 4.78 is 0. The molecule has 2 aliphatic rings. The third-order valence-corrected chi connectivity index (χ3v) is 6.59. The Morgan fingerprint density at radius 1 is 0.760 bits per heavy atom. The van der Waals surface area contributed by atoms with E-state index in [2.05, 4.69) is 13.8 Å². The van der Waals surface area contributed by atoms with Crippen molar-refractivity contribution in [3.63, 3.8) is 0 Å². The first kappa shape index (κ1) is 18.4. The van der Waals surface area contributed by atoms with Gasteiger partial charge in [0.15, 0.2) is 11.5 Å². The summed E-state index contributed by atoms with van der Waals surface area (Å²) in [4.78, 5) is 0. The van der Waals surface area contributed by atoms with Crippen molar-refractivity contribution in [3.05, 3.63) is 17.2 Å². The maximum atomic E-state index is 10.3. The minimum Gasteiger partial charge on any atom is -0.504 e. The summed E-state index contributed by atoms with van der Waals surface area (Å²) in [6.07, 6.45) is 14.0. The Morgan fingerprint density at radius 3 is 1.80 bits per heavy atom. The number of phenols is 3. The minimum atomic E-state index is -0.363. The van der Waals surface area contributed by atoms with E-state index >= 15 is 0 Å². The molecule has 2 saturated carbocycles. The Labute approximate surface area is 152 Å². The van der Waals surface area contributed by atoms with E-state index in [1.54, 1.807) is 6.07 Å². The van der Waals surface area contributed by atoms with E-state index in [0.717, 1.165) is 43.2 Å². The van der Waals surface area contributed by atoms with E-state index in [1.807, 2.05) is 0 Å². The molecule has 0 bridgehead atoms. The average Bonchev–Trinajstić information content (AvgIpc) is 3.48. The topological polar surface area (TPSA) is 60.7 Å². The van der Waals surface area contributed by atoms with Crippen molar-refractivity contribution in [2.24, 2.45) is 10.8 Å². The van der Waals surface area contributed by atoms with Crippen LogP contribution in [0.3, 0.4) is 0 Å². The fourth-order valence-corrected chi connectivity index (χ4v) is 3.89. The van der Waals surface area contributed by atoms with Gasteiger partial charge in [0.1, 0.15) is 0 Å². The first-order valence-corrected chi connectivity index (χ1v) is 10.1. The lowest BCUT2D eigenvalue weighted by atomic mass is 9.92. The maximum absolute atomic E-state index is 10.3. The number of benzene rings is 1. The molecule has 0 aromatic heterocycles. The van der Waals surface area contributed by atoms with Crippen LogP contribution in [-0.4, -0.2) is 15.3 Å². The van der Waals surface area contributed by atoms with Gasteiger partial charge in [-0.1, -0.05) is 26.7 Å². The van der Waals surface area contributed by atoms with Gasteiger partial charge in [0.2, 0.25) is 5.75 Å². The monoisotopic (exact) mass is 346 g/mol. The summed E-state index contributed by atoms with van der Waals surface area (Å²) in [5.41, 5.74) is 3.00. The summed E-state index contributed by atoms with van der Waals surface area (Å²) in [7, 11) is 0. The van der Waals surface area contributed by atoms with Gasteiger partial charge in [-0.25, -0.2) is 0 Å². The van der Waals surface area contributed by atoms with Gasteiger partial charge in [0.05, 0.1) is 0 Å². The van der Waals surface area contributed by atoms with Gasteiger partial charge >= 0.3 is 0 Å². The molecule has 1 aromatic rings. The van der Waals surface area contributed by atoms with E-state index < -0.39 is 0 Å². The van der Waals surface area contributed by atoms with Crippen LogP contribution >= 0.6 is 0 Å². The molecule has 0 heterocycles. The zero-order valence-corrected chi connectivity index (χ0v) is 15.9. The number of hydrogen-bond acceptors (Lipinski definition) is 3. The van der Waals surface area contributed by atoms with E-state index in [1.165, 1.54) is 44.9 Å². The molecule has 0 unspecified atom stereocenters. The predicted molar refractivity (Wildman–Crippen MR) is 101 cm³/mol. The van der Waals surface area contributed by atoms with Crippen molar-refractivity contribution < 1.29 is 15.3 Å². The Hall–Kier alpha value is -1.38. The normalized spacial score (nSPS) is 19.8. The number of aromatic hydroxyl groups is 3. The molecule has 0 spiro atoms. The number of aryl methyl sites for hydroxylation is 1. The molecule has 0 aliphatic heterocycles. The lowest BCUT2D eigenvalue weighted by Gasteiger charge is -2.15. The van der Waals surface area contributed by atoms with Gasteiger partial charge in [-0.15, -0.1) is 0 Å². The van der Waals surface area contributed by atoms with Crippen molar-refractivity contribution in [2.75, 3.05) is 0 Å². The van der Waals surface area contributed by atoms with Crippen molar-refractivity contribution in [1.29, 1.82) is 0 Å². The van der Waals surface area contributed by atoms with E-state index in [0.29, 0.717) is 10.8 Å². The second kappa shape index (κ2) is 7.09. The third kappa shape index (κ3) is 4.83. The largest absolute Gasteiger partial charge is 0.504 e. The fraction of sp³-hybridized carbons (Fsp3) is 0.727. The third-order valence-electron chi connectivity index (χ3n) is 6.59. The molecule has 3 heteroatoms. The van der Waals surface area contributed by atoms with Gasteiger partial charge in [0, 0.05) is 5.56 Å². The Kier molecular flexibility index (Phi) is 5.22. The highest BCUT2D eigenvalue weighted by molar-refractivity contribution is 5.57.